The van der Waals surface area contributed by atoms with Crippen molar-refractivity contribution in [2.45, 2.75) is 51.3 Å². The van der Waals surface area contributed by atoms with Gasteiger partial charge in [0.15, 0.2) is 5.78 Å². The highest BCUT2D eigenvalue weighted by Crippen LogP contribution is 2.40. The van der Waals surface area contributed by atoms with E-state index in [9.17, 15) is 9.59 Å². The van der Waals surface area contributed by atoms with Crippen molar-refractivity contribution in [1.82, 2.24) is 4.90 Å². The highest BCUT2D eigenvalue weighted by molar-refractivity contribution is 5.98. The number of amides is 1. The molecular formula is C24H27NO4. The van der Waals surface area contributed by atoms with Crippen LogP contribution in [0.4, 0.5) is 4.79 Å². The molecule has 2 unspecified atom stereocenters. The number of benzene rings is 2. The lowest BCUT2D eigenvalue weighted by Gasteiger charge is -2.37. The van der Waals surface area contributed by atoms with E-state index in [0.717, 1.165) is 35.3 Å². The number of piperidine rings is 1. The SMILES string of the molecule is COc1ccc(C(=O)C2CC3CCC(C2)N3C(=O)OCc2ccccc2)cc1C. The van der Waals surface area contributed by atoms with Crippen LogP contribution in [0.3, 0.4) is 0 Å². The summed E-state index contributed by atoms with van der Waals surface area (Å²) in [5.74, 6) is 0.918. The first-order valence-electron chi connectivity index (χ1n) is 10.2. The molecule has 0 radical (unpaired) electrons. The van der Waals surface area contributed by atoms with Crippen LogP contribution in [0.25, 0.3) is 0 Å². The van der Waals surface area contributed by atoms with E-state index >= 15 is 0 Å². The van der Waals surface area contributed by atoms with Crippen molar-refractivity contribution in [3.63, 3.8) is 0 Å². The molecule has 0 aliphatic carbocycles. The molecule has 0 saturated carbocycles. The molecule has 2 saturated heterocycles. The molecule has 5 heteroatoms. The van der Waals surface area contributed by atoms with E-state index in [1.807, 2.05) is 60.4 Å². The van der Waals surface area contributed by atoms with Gasteiger partial charge in [-0.25, -0.2) is 4.79 Å². The van der Waals surface area contributed by atoms with Crippen molar-refractivity contribution in [3.05, 3.63) is 65.2 Å². The van der Waals surface area contributed by atoms with Gasteiger partial charge in [0, 0.05) is 23.6 Å². The Morgan fingerprint density at radius 1 is 1.03 bits per heavy atom. The molecule has 29 heavy (non-hydrogen) atoms. The fourth-order valence-electron chi connectivity index (χ4n) is 4.75. The summed E-state index contributed by atoms with van der Waals surface area (Å²) in [4.78, 5) is 27.7. The number of ether oxygens (including phenoxy) is 2. The van der Waals surface area contributed by atoms with Crippen molar-refractivity contribution in [3.8, 4) is 5.75 Å². The average Bonchev–Trinajstić information content (AvgIpc) is 3.01. The minimum absolute atomic E-state index is 0.0431. The van der Waals surface area contributed by atoms with Gasteiger partial charge in [-0.15, -0.1) is 0 Å². The van der Waals surface area contributed by atoms with E-state index < -0.39 is 0 Å². The number of hydrogen-bond donors (Lipinski definition) is 0. The molecule has 0 N–H and O–H groups in total. The van der Waals surface area contributed by atoms with Gasteiger partial charge in [0.05, 0.1) is 7.11 Å². The molecule has 1 amide bonds. The van der Waals surface area contributed by atoms with Crippen molar-refractivity contribution < 1.29 is 19.1 Å². The Labute approximate surface area is 171 Å². The summed E-state index contributed by atoms with van der Waals surface area (Å²) in [7, 11) is 1.63. The largest absolute Gasteiger partial charge is 0.496 e. The molecular weight excluding hydrogens is 366 g/mol. The number of ketones is 1. The van der Waals surface area contributed by atoms with Gasteiger partial charge in [-0.05, 0) is 61.9 Å². The molecule has 152 valence electrons. The first-order chi connectivity index (χ1) is 14.1. The summed E-state index contributed by atoms with van der Waals surface area (Å²) < 4.78 is 10.9. The molecule has 5 nitrogen and oxygen atoms in total. The molecule has 2 fully saturated rings. The number of methoxy groups -OCH3 is 1. The van der Waals surface area contributed by atoms with Crippen LogP contribution in [0.1, 0.15) is 47.2 Å². The second kappa shape index (κ2) is 8.27. The second-order valence-corrected chi connectivity index (χ2v) is 8.05. The monoisotopic (exact) mass is 393 g/mol. The Morgan fingerprint density at radius 3 is 2.34 bits per heavy atom. The third-order valence-corrected chi connectivity index (χ3v) is 6.20. The van der Waals surface area contributed by atoms with E-state index in [-0.39, 0.29) is 36.5 Å². The Balaban J connectivity index is 1.40. The normalized spacial score (nSPS) is 23.0. The molecule has 2 bridgehead atoms. The maximum atomic E-state index is 13.1. The van der Waals surface area contributed by atoms with Gasteiger partial charge in [0.1, 0.15) is 12.4 Å². The molecule has 2 heterocycles. The molecule has 2 atom stereocenters. The minimum atomic E-state index is -0.257. The zero-order chi connectivity index (χ0) is 20.4. The number of aryl methyl sites for hydroxylation is 1. The predicted molar refractivity (Wildman–Crippen MR) is 110 cm³/mol. The number of fused-ring (bicyclic) bond motifs is 2. The number of rotatable bonds is 5. The van der Waals surface area contributed by atoms with Crippen molar-refractivity contribution in [2.75, 3.05) is 7.11 Å². The topological polar surface area (TPSA) is 55.8 Å². The fraction of sp³-hybridized carbons (Fsp3) is 0.417. The van der Waals surface area contributed by atoms with Crippen LogP contribution >= 0.6 is 0 Å². The minimum Gasteiger partial charge on any atom is -0.496 e. The van der Waals surface area contributed by atoms with Crippen LogP contribution in [-0.2, 0) is 11.3 Å². The summed E-state index contributed by atoms with van der Waals surface area (Å²) >= 11 is 0. The summed E-state index contributed by atoms with van der Waals surface area (Å²) in [6, 6.07) is 15.5. The van der Waals surface area contributed by atoms with Gasteiger partial charge in [0.2, 0.25) is 0 Å². The maximum absolute atomic E-state index is 13.1. The van der Waals surface area contributed by atoms with Crippen LogP contribution in [0, 0.1) is 12.8 Å². The summed E-state index contributed by atoms with van der Waals surface area (Å²) in [6.45, 7) is 2.23. The Hall–Kier alpha value is -2.82. The molecule has 0 spiro atoms. The third-order valence-electron chi connectivity index (χ3n) is 6.20. The molecule has 2 aromatic carbocycles. The summed E-state index contributed by atoms with van der Waals surface area (Å²) in [6.07, 6.45) is 3.04. The van der Waals surface area contributed by atoms with Gasteiger partial charge < -0.3 is 14.4 Å². The van der Waals surface area contributed by atoms with Crippen LogP contribution in [0.2, 0.25) is 0 Å². The molecule has 2 aliphatic rings. The number of hydrogen-bond acceptors (Lipinski definition) is 4. The van der Waals surface area contributed by atoms with Crippen LogP contribution < -0.4 is 4.74 Å². The molecule has 4 rings (SSSR count). The number of carbonyl (C=O) groups is 2. The molecule has 2 aliphatic heterocycles. The van der Waals surface area contributed by atoms with Crippen molar-refractivity contribution in [1.29, 1.82) is 0 Å². The maximum Gasteiger partial charge on any atom is 0.410 e. The molecule has 2 aromatic rings. The highest BCUT2D eigenvalue weighted by Gasteiger charge is 2.45. The van der Waals surface area contributed by atoms with Crippen LogP contribution in [-0.4, -0.2) is 36.0 Å². The first kappa shape index (κ1) is 19.5. The van der Waals surface area contributed by atoms with E-state index in [0.29, 0.717) is 12.8 Å². The fourth-order valence-corrected chi connectivity index (χ4v) is 4.75. The van der Waals surface area contributed by atoms with Gasteiger partial charge in [0.25, 0.3) is 0 Å². The van der Waals surface area contributed by atoms with E-state index in [1.165, 1.54) is 0 Å². The van der Waals surface area contributed by atoms with Crippen LogP contribution in [0.5, 0.6) is 5.75 Å². The zero-order valence-corrected chi connectivity index (χ0v) is 17.0. The Bertz CT molecular complexity index is 881. The lowest BCUT2D eigenvalue weighted by molar-refractivity contribution is 0.0485. The molecule has 0 aromatic heterocycles. The zero-order valence-electron chi connectivity index (χ0n) is 17.0. The van der Waals surface area contributed by atoms with Gasteiger partial charge in [-0.2, -0.15) is 0 Å². The second-order valence-electron chi connectivity index (χ2n) is 8.05. The van der Waals surface area contributed by atoms with Crippen molar-refractivity contribution in [2.24, 2.45) is 5.92 Å². The first-order valence-corrected chi connectivity index (χ1v) is 10.2. The highest BCUT2D eigenvalue weighted by atomic mass is 16.6. The lowest BCUT2D eigenvalue weighted by Crippen LogP contribution is -2.48. The predicted octanol–water partition coefficient (Wildman–Crippen LogP) is 4.77. The number of carbonyl (C=O) groups excluding carboxylic acids is 2. The number of Topliss-reactive ketones (excluding diaryl/α,β-unsaturated/α-hetero) is 1. The van der Waals surface area contributed by atoms with Crippen molar-refractivity contribution >= 4 is 11.9 Å². The third kappa shape index (κ3) is 4.00. The van der Waals surface area contributed by atoms with E-state index in [2.05, 4.69) is 0 Å². The standard InChI is InChI=1S/C24H27NO4/c1-16-12-18(8-11-22(16)28-2)23(26)19-13-20-9-10-21(14-19)25(20)24(27)29-15-17-6-4-3-5-7-17/h3-8,11-12,19-21H,9-10,13-15H2,1-2H3. The van der Waals surface area contributed by atoms with Gasteiger partial charge >= 0.3 is 6.09 Å². The van der Waals surface area contributed by atoms with Crippen LogP contribution in [0.15, 0.2) is 48.5 Å². The number of nitrogens with zero attached hydrogens (tertiary/aromatic N) is 1. The van der Waals surface area contributed by atoms with Gasteiger partial charge in [-0.3, -0.25) is 4.79 Å². The smallest absolute Gasteiger partial charge is 0.410 e. The Kier molecular flexibility index (Phi) is 5.56. The lowest BCUT2D eigenvalue weighted by atomic mass is 9.84. The van der Waals surface area contributed by atoms with E-state index in [4.69, 9.17) is 9.47 Å². The Morgan fingerprint density at radius 2 is 1.72 bits per heavy atom. The summed E-state index contributed by atoms with van der Waals surface area (Å²) in [5, 5.41) is 0. The average molecular weight is 393 g/mol. The quantitative estimate of drug-likeness (QED) is 0.687. The van der Waals surface area contributed by atoms with E-state index in [1.54, 1.807) is 7.11 Å². The van der Waals surface area contributed by atoms with Gasteiger partial charge in [-0.1, -0.05) is 30.3 Å². The summed E-state index contributed by atoms with van der Waals surface area (Å²) in [5.41, 5.74) is 2.67.